The molecule has 0 aliphatic carbocycles. The molecule has 0 aromatic heterocycles. The van der Waals surface area contributed by atoms with Gasteiger partial charge in [-0.1, -0.05) is 46.7 Å². The highest BCUT2D eigenvalue weighted by molar-refractivity contribution is 8.05. The molecule has 0 radical (unpaired) electrons. The van der Waals surface area contributed by atoms with Crippen LogP contribution in [0.2, 0.25) is 10.0 Å². The summed E-state index contributed by atoms with van der Waals surface area (Å²) in [5.41, 5.74) is 0.502. The van der Waals surface area contributed by atoms with Crippen molar-refractivity contribution in [1.82, 2.24) is 0 Å². The fraction of sp³-hybridized carbons (Fsp3) is 0. The van der Waals surface area contributed by atoms with Crippen LogP contribution in [0.25, 0.3) is 0 Å². The van der Waals surface area contributed by atoms with Crippen LogP contribution in [0.15, 0.2) is 43.8 Å². The normalized spacial score (nSPS) is 12.5. The minimum absolute atomic E-state index is 0.251. The highest BCUT2D eigenvalue weighted by Crippen LogP contribution is 2.51. The van der Waals surface area contributed by atoms with Crippen molar-refractivity contribution in [3.63, 3.8) is 0 Å². The van der Waals surface area contributed by atoms with Gasteiger partial charge in [0.25, 0.3) is 10.5 Å². The van der Waals surface area contributed by atoms with E-state index in [9.17, 15) is 9.59 Å². The van der Waals surface area contributed by atoms with E-state index in [1.54, 1.807) is 24.3 Å². The second-order valence-corrected chi connectivity index (χ2v) is 7.98. The highest BCUT2D eigenvalue weighted by Gasteiger charge is 2.23. The summed E-state index contributed by atoms with van der Waals surface area (Å²) in [4.78, 5) is 26.2. The molecule has 0 atom stereocenters. The smallest absolute Gasteiger partial charge is 0.253 e. The molecule has 0 saturated carbocycles. The predicted octanol–water partition coefficient (Wildman–Crippen LogP) is 6.37. The number of rotatable bonds is 2. The van der Waals surface area contributed by atoms with Gasteiger partial charge in [0.2, 0.25) is 0 Å². The molecule has 22 heavy (non-hydrogen) atoms. The van der Waals surface area contributed by atoms with Gasteiger partial charge in [-0.25, -0.2) is 0 Å². The van der Waals surface area contributed by atoms with Crippen molar-refractivity contribution in [1.29, 1.82) is 0 Å². The van der Waals surface area contributed by atoms with Crippen LogP contribution >= 0.6 is 69.9 Å². The van der Waals surface area contributed by atoms with E-state index in [0.717, 1.165) is 19.6 Å². The van der Waals surface area contributed by atoms with E-state index in [-0.39, 0.29) is 11.1 Å². The van der Waals surface area contributed by atoms with Crippen molar-refractivity contribution in [3.8, 4) is 0 Å². The molecule has 3 rings (SSSR count). The lowest BCUT2D eigenvalue weighted by atomic mass is 10.2. The average Bonchev–Trinajstić information content (AvgIpc) is 2.43. The third-order valence-electron chi connectivity index (χ3n) is 2.93. The Labute approximate surface area is 154 Å². The van der Waals surface area contributed by atoms with E-state index in [1.807, 2.05) is 0 Å². The second kappa shape index (κ2) is 6.27. The maximum atomic E-state index is 11.4. The summed E-state index contributed by atoms with van der Waals surface area (Å²) in [5.74, 6) is 0. The molecule has 0 amide bonds. The van der Waals surface area contributed by atoms with E-state index in [1.165, 1.54) is 23.5 Å². The lowest BCUT2D eigenvalue weighted by Gasteiger charge is -2.20. The van der Waals surface area contributed by atoms with Gasteiger partial charge in [0.15, 0.2) is 0 Å². The summed E-state index contributed by atoms with van der Waals surface area (Å²) in [6.07, 6.45) is 0. The molecule has 1 aliphatic rings. The average molecular weight is 410 g/mol. The number of carbonyl (C=O) groups excluding carboxylic acids is 2. The van der Waals surface area contributed by atoms with Crippen molar-refractivity contribution < 1.29 is 9.59 Å². The van der Waals surface area contributed by atoms with Gasteiger partial charge < -0.3 is 0 Å². The molecular weight excluding hydrogens is 406 g/mol. The molecule has 0 saturated heterocycles. The number of fused-ring (bicyclic) bond motifs is 2. The summed E-state index contributed by atoms with van der Waals surface area (Å²) in [6.45, 7) is 0. The molecule has 0 fully saturated rings. The predicted molar refractivity (Wildman–Crippen MR) is 91.5 cm³/mol. The lowest BCUT2D eigenvalue weighted by molar-refractivity contribution is 0.107. The molecule has 0 bridgehead atoms. The summed E-state index contributed by atoms with van der Waals surface area (Å²) >= 11 is 26.0. The number of hydrogen-bond donors (Lipinski definition) is 0. The maximum Gasteiger partial charge on any atom is 0.253 e. The molecule has 112 valence electrons. The maximum absolute atomic E-state index is 11.4. The summed E-state index contributed by atoms with van der Waals surface area (Å²) < 4.78 is 0. The van der Waals surface area contributed by atoms with Crippen molar-refractivity contribution in [3.05, 3.63) is 45.4 Å². The molecule has 1 heterocycles. The van der Waals surface area contributed by atoms with Crippen LogP contribution in [0.5, 0.6) is 0 Å². The van der Waals surface area contributed by atoms with Crippen LogP contribution < -0.4 is 0 Å². The number of halogens is 4. The molecule has 0 N–H and O–H groups in total. The minimum Gasteiger partial charge on any atom is -0.276 e. The standard InChI is InChI=1S/C14H4Cl4O2S2/c15-7-3-11-9(1-5(7)13(17)19)21-10-2-6(14(18)20)8(16)4-12(10)22-11/h1-4H. The monoisotopic (exact) mass is 408 g/mol. The van der Waals surface area contributed by atoms with Gasteiger partial charge in [0.1, 0.15) is 0 Å². The summed E-state index contributed by atoms with van der Waals surface area (Å²) in [6, 6.07) is 6.68. The Balaban J connectivity index is 2.10. The minimum atomic E-state index is -0.614. The van der Waals surface area contributed by atoms with Crippen molar-refractivity contribution >= 4 is 80.4 Å². The van der Waals surface area contributed by atoms with E-state index in [0.29, 0.717) is 10.0 Å². The Morgan fingerprint density at radius 2 is 1.00 bits per heavy atom. The number of carbonyl (C=O) groups is 2. The number of hydrogen-bond acceptors (Lipinski definition) is 4. The van der Waals surface area contributed by atoms with Crippen LogP contribution in [-0.4, -0.2) is 10.5 Å². The van der Waals surface area contributed by atoms with E-state index in [2.05, 4.69) is 0 Å². The molecule has 2 nitrogen and oxygen atoms in total. The molecule has 0 unspecified atom stereocenters. The quantitative estimate of drug-likeness (QED) is 0.460. The summed E-state index contributed by atoms with van der Waals surface area (Å²) in [7, 11) is 0. The topological polar surface area (TPSA) is 34.1 Å². The fourth-order valence-electron chi connectivity index (χ4n) is 1.93. The zero-order valence-corrected chi connectivity index (χ0v) is 15.1. The van der Waals surface area contributed by atoms with E-state index in [4.69, 9.17) is 46.4 Å². The lowest BCUT2D eigenvalue weighted by Crippen LogP contribution is -1.98. The highest BCUT2D eigenvalue weighted by atomic mass is 35.5. The van der Waals surface area contributed by atoms with Gasteiger partial charge in [-0.15, -0.1) is 0 Å². The summed E-state index contributed by atoms with van der Waals surface area (Å²) in [5, 5.41) is -0.628. The first-order valence-corrected chi connectivity index (χ1v) is 8.93. The Bertz CT molecular complexity index is 769. The van der Waals surface area contributed by atoms with Gasteiger partial charge in [-0.3, -0.25) is 9.59 Å². The third kappa shape index (κ3) is 3.01. The molecule has 2 aromatic carbocycles. The first-order chi connectivity index (χ1) is 10.4. The van der Waals surface area contributed by atoms with E-state index < -0.39 is 10.5 Å². The Kier molecular flexibility index (Phi) is 4.70. The van der Waals surface area contributed by atoms with Crippen molar-refractivity contribution in [2.24, 2.45) is 0 Å². The zero-order valence-electron chi connectivity index (χ0n) is 10.5. The van der Waals surface area contributed by atoms with E-state index >= 15 is 0 Å². The van der Waals surface area contributed by atoms with Crippen LogP contribution in [0, 0.1) is 0 Å². The van der Waals surface area contributed by atoms with Gasteiger partial charge in [0.05, 0.1) is 21.2 Å². The molecule has 8 heteroatoms. The first-order valence-electron chi connectivity index (χ1n) is 5.79. The first kappa shape index (κ1) is 16.5. The van der Waals surface area contributed by atoms with Crippen LogP contribution in [0.3, 0.4) is 0 Å². The fourth-order valence-corrected chi connectivity index (χ4v) is 5.28. The largest absolute Gasteiger partial charge is 0.276 e. The van der Waals surface area contributed by atoms with Crippen LogP contribution in [0.1, 0.15) is 20.7 Å². The zero-order chi connectivity index (χ0) is 16.0. The van der Waals surface area contributed by atoms with Crippen LogP contribution in [-0.2, 0) is 0 Å². The molecule has 1 aliphatic heterocycles. The van der Waals surface area contributed by atoms with Gasteiger partial charge in [0, 0.05) is 19.6 Å². The van der Waals surface area contributed by atoms with Crippen LogP contribution in [0.4, 0.5) is 0 Å². The third-order valence-corrected chi connectivity index (χ3v) is 6.45. The molecule has 0 spiro atoms. The van der Waals surface area contributed by atoms with Gasteiger partial charge in [-0.05, 0) is 47.5 Å². The van der Waals surface area contributed by atoms with Crippen molar-refractivity contribution in [2.45, 2.75) is 19.6 Å². The molecule has 2 aromatic rings. The Morgan fingerprint density at radius 1 is 0.682 bits per heavy atom. The van der Waals surface area contributed by atoms with Crippen molar-refractivity contribution in [2.75, 3.05) is 0 Å². The second-order valence-electron chi connectivity index (χ2n) is 4.31. The number of benzene rings is 2. The van der Waals surface area contributed by atoms with Gasteiger partial charge in [-0.2, -0.15) is 0 Å². The Morgan fingerprint density at radius 3 is 1.32 bits per heavy atom. The Hall–Kier alpha value is -0.360. The molecular formula is C14H4Cl4O2S2. The van der Waals surface area contributed by atoms with Gasteiger partial charge >= 0.3 is 0 Å². The SMILES string of the molecule is O=C(Cl)c1cc2c(cc1Cl)Sc1cc(Cl)c(C(=O)Cl)cc1S2.